The monoisotopic (exact) mass is 266 g/mol. The first-order valence-corrected chi connectivity index (χ1v) is 6.68. The first-order chi connectivity index (χ1) is 9.81. The summed E-state index contributed by atoms with van der Waals surface area (Å²) in [4.78, 5) is 0. The fourth-order valence-electron chi connectivity index (χ4n) is 2.44. The van der Waals surface area contributed by atoms with E-state index < -0.39 is 0 Å². The van der Waals surface area contributed by atoms with Crippen LogP contribution in [0.5, 0.6) is 0 Å². The van der Waals surface area contributed by atoms with Gasteiger partial charge >= 0.3 is 0 Å². The lowest BCUT2D eigenvalue weighted by Crippen LogP contribution is -2.00. The van der Waals surface area contributed by atoms with Crippen LogP contribution in [0.3, 0.4) is 0 Å². The van der Waals surface area contributed by atoms with Crippen LogP contribution in [0.4, 0.5) is 5.88 Å². The molecule has 2 N–H and O–H groups in total. The molecule has 0 atom stereocenters. The van der Waals surface area contributed by atoms with Gasteiger partial charge in [-0.1, -0.05) is 17.3 Å². The highest BCUT2D eigenvalue weighted by Gasteiger charge is 2.27. The van der Waals surface area contributed by atoms with Gasteiger partial charge in [0.15, 0.2) is 0 Å². The molecule has 2 heterocycles. The van der Waals surface area contributed by atoms with Crippen LogP contribution in [0.2, 0.25) is 0 Å². The molecule has 0 aliphatic heterocycles. The van der Waals surface area contributed by atoms with Gasteiger partial charge in [-0.2, -0.15) is 5.10 Å². The zero-order chi connectivity index (χ0) is 13.5. The fourth-order valence-corrected chi connectivity index (χ4v) is 2.44. The Hall–Kier alpha value is -2.56. The SMILES string of the molecule is Nc1cc(-c2cccc(-n3nccc3C3CC3)c2)no1. The smallest absolute Gasteiger partial charge is 0.222 e. The number of benzene rings is 1. The van der Waals surface area contributed by atoms with Crippen LogP contribution < -0.4 is 5.73 Å². The molecule has 3 aromatic rings. The van der Waals surface area contributed by atoms with Gasteiger partial charge in [-0.05, 0) is 31.0 Å². The van der Waals surface area contributed by atoms with Crippen molar-refractivity contribution in [2.75, 3.05) is 5.73 Å². The van der Waals surface area contributed by atoms with Gasteiger partial charge in [0.25, 0.3) is 0 Å². The Morgan fingerprint density at radius 1 is 1.20 bits per heavy atom. The molecule has 4 rings (SSSR count). The molecule has 100 valence electrons. The fraction of sp³-hybridized carbons (Fsp3) is 0.200. The van der Waals surface area contributed by atoms with E-state index in [1.807, 2.05) is 29.1 Å². The maximum atomic E-state index is 5.57. The van der Waals surface area contributed by atoms with Crippen LogP contribution in [0, 0.1) is 0 Å². The summed E-state index contributed by atoms with van der Waals surface area (Å²) >= 11 is 0. The lowest BCUT2D eigenvalue weighted by Gasteiger charge is -2.07. The molecule has 0 spiro atoms. The summed E-state index contributed by atoms with van der Waals surface area (Å²) < 4.78 is 6.93. The summed E-state index contributed by atoms with van der Waals surface area (Å²) in [6, 6.07) is 11.9. The van der Waals surface area contributed by atoms with E-state index in [0.29, 0.717) is 11.8 Å². The number of aromatic nitrogens is 3. The molecule has 5 nitrogen and oxygen atoms in total. The van der Waals surface area contributed by atoms with Crippen molar-refractivity contribution in [1.29, 1.82) is 0 Å². The van der Waals surface area contributed by atoms with Crippen LogP contribution in [-0.2, 0) is 0 Å². The Bertz CT molecular complexity index is 755. The Kier molecular flexibility index (Phi) is 2.39. The third kappa shape index (κ3) is 1.87. The molecule has 0 radical (unpaired) electrons. The minimum absolute atomic E-state index is 0.322. The summed E-state index contributed by atoms with van der Waals surface area (Å²) in [7, 11) is 0. The number of nitrogens with zero attached hydrogens (tertiary/aromatic N) is 3. The van der Waals surface area contributed by atoms with Crippen LogP contribution >= 0.6 is 0 Å². The lowest BCUT2D eigenvalue weighted by atomic mass is 10.1. The van der Waals surface area contributed by atoms with Crippen molar-refractivity contribution in [3.8, 4) is 16.9 Å². The molecular weight excluding hydrogens is 252 g/mol. The molecule has 5 heteroatoms. The molecule has 0 unspecified atom stereocenters. The van der Waals surface area contributed by atoms with Crippen molar-refractivity contribution in [1.82, 2.24) is 14.9 Å². The van der Waals surface area contributed by atoms with E-state index in [0.717, 1.165) is 16.9 Å². The van der Waals surface area contributed by atoms with Gasteiger partial charge in [0.05, 0.1) is 5.69 Å². The van der Waals surface area contributed by atoms with E-state index in [4.69, 9.17) is 10.3 Å². The minimum Gasteiger partial charge on any atom is -0.368 e. The second-order valence-corrected chi connectivity index (χ2v) is 5.11. The molecule has 1 aromatic carbocycles. The topological polar surface area (TPSA) is 69.9 Å². The third-order valence-electron chi connectivity index (χ3n) is 3.58. The second kappa shape index (κ2) is 4.23. The Morgan fingerprint density at radius 3 is 2.85 bits per heavy atom. The van der Waals surface area contributed by atoms with E-state index in [-0.39, 0.29) is 0 Å². The van der Waals surface area contributed by atoms with E-state index >= 15 is 0 Å². The quantitative estimate of drug-likeness (QED) is 0.791. The molecule has 1 aliphatic rings. The number of hydrogen-bond donors (Lipinski definition) is 1. The Morgan fingerprint density at radius 2 is 2.10 bits per heavy atom. The van der Waals surface area contributed by atoms with Gasteiger partial charge in [0.2, 0.25) is 5.88 Å². The zero-order valence-corrected chi connectivity index (χ0v) is 10.9. The van der Waals surface area contributed by atoms with E-state index in [9.17, 15) is 0 Å². The van der Waals surface area contributed by atoms with E-state index in [1.165, 1.54) is 18.5 Å². The molecule has 0 bridgehead atoms. The van der Waals surface area contributed by atoms with Crippen molar-refractivity contribution in [2.45, 2.75) is 18.8 Å². The zero-order valence-electron chi connectivity index (χ0n) is 10.9. The molecule has 0 amide bonds. The van der Waals surface area contributed by atoms with Crippen molar-refractivity contribution >= 4 is 5.88 Å². The van der Waals surface area contributed by atoms with Crippen LogP contribution in [0.25, 0.3) is 16.9 Å². The van der Waals surface area contributed by atoms with Gasteiger partial charge in [-0.3, -0.25) is 0 Å². The van der Waals surface area contributed by atoms with Crippen LogP contribution in [0.1, 0.15) is 24.5 Å². The van der Waals surface area contributed by atoms with Gasteiger partial charge in [-0.15, -0.1) is 0 Å². The predicted octanol–water partition coefficient (Wildman–Crippen LogP) is 2.99. The molecule has 2 aromatic heterocycles. The molecule has 1 fully saturated rings. The van der Waals surface area contributed by atoms with E-state index in [1.54, 1.807) is 6.07 Å². The summed E-state index contributed by atoms with van der Waals surface area (Å²) in [5, 5.41) is 8.38. The van der Waals surface area contributed by atoms with Gasteiger partial charge in [-0.25, -0.2) is 4.68 Å². The Balaban J connectivity index is 1.77. The normalized spacial score (nSPS) is 14.6. The summed E-state index contributed by atoms with van der Waals surface area (Å²) in [5.41, 5.74) is 9.60. The van der Waals surface area contributed by atoms with Crippen molar-refractivity contribution in [3.63, 3.8) is 0 Å². The number of nitrogens with two attached hydrogens (primary N) is 1. The van der Waals surface area contributed by atoms with Gasteiger partial charge in [0.1, 0.15) is 5.69 Å². The lowest BCUT2D eigenvalue weighted by molar-refractivity contribution is 0.439. The van der Waals surface area contributed by atoms with Crippen LogP contribution in [0.15, 0.2) is 47.1 Å². The van der Waals surface area contributed by atoms with Crippen molar-refractivity contribution in [3.05, 3.63) is 48.3 Å². The second-order valence-electron chi connectivity index (χ2n) is 5.11. The standard InChI is InChI=1S/C15H14N4O/c16-15-9-13(18-20-15)11-2-1-3-12(8-11)19-14(6-7-17-19)10-4-5-10/h1-3,6-10H,4-5,16H2. The predicted molar refractivity (Wildman–Crippen MR) is 75.4 cm³/mol. The minimum atomic E-state index is 0.322. The number of nitrogen functional groups attached to an aromatic ring is 1. The van der Waals surface area contributed by atoms with Crippen LogP contribution in [-0.4, -0.2) is 14.9 Å². The highest BCUT2D eigenvalue weighted by molar-refractivity contribution is 5.64. The maximum absolute atomic E-state index is 5.57. The number of hydrogen-bond acceptors (Lipinski definition) is 4. The first kappa shape index (κ1) is 11.3. The first-order valence-electron chi connectivity index (χ1n) is 6.68. The molecule has 0 saturated heterocycles. The van der Waals surface area contributed by atoms with Crippen molar-refractivity contribution < 1.29 is 4.52 Å². The highest BCUT2D eigenvalue weighted by Crippen LogP contribution is 2.40. The Labute approximate surface area is 116 Å². The largest absolute Gasteiger partial charge is 0.368 e. The van der Waals surface area contributed by atoms with E-state index in [2.05, 4.69) is 22.4 Å². The third-order valence-corrected chi connectivity index (χ3v) is 3.58. The molecular formula is C15H14N4O. The number of rotatable bonds is 3. The average molecular weight is 266 g/mol. The average Bonchev–Trinajstić information content (AvgIpc) is 3.03. The van der Waals surface area contributed by atoms with Gasteiger partial charge < -0.3 is 10.3 Å². The summed E-state index contributed by atoms with van der Waals surface area (Å²) in [6.07, 6.45) is 4.37. The van der Waals surface area contributed by atoms with Gasteiger partial charge in [0, 0.05) is 29.4 Å². The van der Waals surface area contributed by atoms with Crippen molar-refractivity contribution in [2.24, 2.45) is 0 Å². The highest BCUT2D eigenvalue weighted by atomic mass is 16.5. The molecule has 1 saturated carbocycles. The maximum Gasteiger partial charge on any atom is 0.222 e. The summed E-state index contributed by atoms with van der Waals surface area (Å²) in [6.45, 7) is 0. The summed E-state index contributed by atoms with van der Waals surface area (Å²) in [5.74, 6) is 0.979. The molecule has 1 aliphatic carbocycles. The molecule has 20 heavy (non-hydrogen) atoms. The number of anilines is 1.